The fraction of sp³-hybridized carbons (Fsp3) is 0.538. The maximum Gasteiger partial charge on any atom is 0.416 e. The molecule has 1 atom stereocenters. The van der Waals surface area contributed by atoms with E-state index in [2.05, 4.69) is 12.2 Å². The lowest BCUT2D eigenvalue weighted by molar-refractivity contribution is -0.137. The molecule has 0 bridgehead atoms. The molecule has 0 saturated carbocycles. The van der Waals surface area contributed by atoms with Gasteiger partial charge >= 0.3 is 6.18 Å². The van der Waals surface area contributed by atoms with Crippen LogP contribution in [-0.4, -0.2) is 13.1 Å². The lowest BCUT2D eigenvalue weighted by Gasteiger charge is -2.14. The number of alkyl halides is 3. The fourth-order valence-electron chi connectivity index (χ4n) is 1.61. The average Bonchev–Trinajstić information content (AvgIpc) is 2.28. The summed E-state index contributed by atoms with van der Waals surface area (Å²) >= 11 is 0. The van der Waals surface area contributed by atoms with E-state index in [1.54, 1.807) is 12.1 Å². The van der Waals surface area contributed by atoms with Crippen LogP contribution in [0.5, 0.6) is 0 Å². The Morgan fingerprint density at radius 2 is 1.76 bits per heavy atom. The molecule has 1 rings (SSSR count). The molecule has 0 radical (unpaired) electrons. The molecule has 0 spiro atoms. The number of benzene rings is 1. The van der Waals surface area contributed by atoms with Crippen molar-refractivity contribution in [2.45, 2.75) is 32.4 Å². The Balaban J connectivity index is 2.61. The Labute approximate surface area is 100 Å². The van der Waals surface area contributed by atoms with Gasteiger partial charge in [0.2, 0.25) is 0 Å². The zero-order valence-corrected chi connectivity index (χ0v) is 10.1. The van der Waals surface area contributed by atoms with Crippen molar-refractivity contribution in [3.63, 3.8) is 0 Å². The van der Waals surface area contributed by atoms with E-state index in [1.165, 1.54) is 0 Å². The van der Waals surface area contributed by atoms with E-state index in [0.717, 1.165) is 37.2 Å². The van der Waals surface area contributed by atoms with Crippen LogP contribution in [0.15, 0.2) is 24.3 Å². The van der Waals surface area contributed by atoms with Gasteiger partial charge < -0.3 is 5.32 Å². The highest BCUT2D eigenvalue weighted by atomic mass is 19.4. The van der Waals surface area contributed by atoms with Gasteiger partial charge in [-0.2, -0.15) is 13.2 Å². The Bertz CT molecular complexity index is 330. The molecule has 0 aromatic heterocycles. The van der Waals surface area contributed by atoms with Crippen molar-refractivity contribution in [1.29, 1.82) is 0 Å². The zero-order chi connectivity index (χ0) is 12.9. The molecule has 0 fully saturated rings. The number of hydrogen-bond donors (Lipinski definition) is 1. The molecule has 1 aromatic rings. The Morgan fingerprint density at radius 1 is 1.18 bits per heavy atom. The maximum absolute atomic E-state index is 12.4. The molecule has 96 valence electrons. The van der Waals surface area contributed by atoms with Crippen molar-refractivity contribution in [1.82, 2.24) is 5.32 Å². The average molecular weight is 245 g/mol. The van der Waals surface area contributed by atoms with Gasteiger partial charge in [0, 0.05) is 6.54 Å². The van der Waals surface area contributed by atoms with Crippen molar-refractivity contribution in [3.8, 4) is 0 Å². The topological polar surface area (TPSA) is 12.0 Å². The van der Waals surface area contributed by atoms with Gasteiger partial charge in [-0.05, 0) is 36.6 Å². The van der Waals surface area contributed by atoms with Crippen LogP contribution < -0.4 is 5.32 Å². The van der Waals surface area contributed by atoms with Gasteiger partial charge in [-0.3, -0.25) is 0 Å². The van der Waals surface area contributed by atoms with E-state index < -0.39 is 11.7 Å². The fourth-order valence-corrected chi connectivity index (χ4v) is 1.61. The van der Waals surface area contributed by atoms with Crippen LogP contribution in [0.2, 0.25) is 0 Å². The minimum atomic E-state index is -4.25. The van der Waals surface area contributed by atoms with Crippen LogP contribution in [-0.2, 0) is 6.18 Å². The number of halogens is 3. The first-order valence-corrected chi connectivity index (χ1v) is 5.83. The number of nitrogens with one attached hydrogen (secondary N) is 1. The SMILES string of the molecule is CCCNCC(C)c1ccc(C(F)(F)F)cc1. The van der Waals surface area contributed by atoms with Crippen LogP contribution >= 0.6 is 0 Å². The molecule has 0 heterocycles. The van der Waals surface area contributed by atoms with Gasteiger partial charge in [-0.25, -0.2) is 0 Å². The molecule has 17 heavy (non-hydrogen) atoms. The zero-order valence-electron chi connectivity index (χ0n) is 10.1. The van der Waals surface area contributed by atoms with Crippen molar-refractivity contribution >= 4 is 0 Å². The molecule has 1 nitrogen and oxygen atoms in total. The lowest BCUT2D eigenvalue weighted by atomic mass is 9.99. The Kier molecular flexibility index (Phi) is 5.00. The summed E-state index contributed by atoms with van der Waals surface area (Å²) in [6, 6.07) is 5.40. The van der Waals surface area contributed by atoms with Crippen LogP contribution in [0.25, 0.3) is 0 Å². The summed E-state index contributed by atoms with van der Waals surface area (Å²) in [5, 5.41) is 3.26. The summed E-state index contributed by atoms with van der Waals surface area (Å²) in [4.78, 5) is 0. The predicted octanol–water partition coefficient (Wildman–Crippen LogP) is 3.81. The highest BCUT2D eigenvalue weighted by Crippen LogP contribution is 2.30. The van der Waals surface area contributed by atoms with Crippen LogP contribution in [0.3, 0.4) is 0 Å². The van der Waals surface area contributed by atoms with Crippen molar-refractivity contribution in [3.05, 3.63) is 35.4 Å². The molecule has 1 unspecified atom stereocenters. The number of hydrogen-bond acceptors (Lipinski definition) is 1. The Morgan fingerprint density at radius 3 is 2.24 bits per heavy atom. The molecule has 0 aliphatic heterocycles. The quantitative estimate of drug-likeness (QED) is 0.778. The third-order valence-electron chi connectivity index (χ3n) is 2.68. The predicted molar refractivity (Wildman–Crippen MR) is 63.0 cm³/mol. The van der Waals surface area contributed by atoms with E-state index in [9.17, 15) is 13.2 Å². The minimum absolute atomic E-state index is 0.226. The Hall–Kier alpha value is -1.03. The standard InChI is InChI=1S/C13H18F3N/c1-3-8-17-9-10(2)11-4-6-12(7-5-11)13(14,15)16/h4-7,10,17H,3,8-9H2,1-2H3. The molecular weight excluding hydrogens is 227 g/mol. The van der Waals surface area contributed by atoms with E-state index >= 15 is 0 Å². The van der Waals surface area contributed by atoms with Crippen molar-refractivity contribution in [2.24, 2.45) is 0 Å². The number of rotatable bonds is 5. The summed E-state index contributed by atoms with van der Waals surface area (Å²) in [5.74, 6) is 0.226. The van der Waals surface area contributed by atoms with E-state index in [-0.39, 0.29) is 5.92 Å². The van der Waals surface area contributed by atoms with Crippen LogP contribution in [0.4, 0.5) is 13.2 Å². The summed E-state index contributed by atoms with van der Waals surface area (Å²) in [6.07, 6.45) is -3.19. The first-order chi connectivity index (χ1) is 7.95. The smallest absolute Gasteiger partial charge is 0.316 e. The first-order valence-electron chi connectivity index (χ1n) is 5.83. The molecule has 0 aliphatic rings. The second kappa shape index (κ2) is 6.05. The highest BCUT2D eigenvalue weighted by Gasteiger charge is 2.30. The van der Waals surface area contributed by atoms with Crippen molar-refractivity contribution in [2.75, 3.05) is 13.1 Å². The van der Waals surface area contributed by atoms with E-state index in [0.29, 0.717) is 0 Å². The molecule has 1 aromatic carbocycles. The highest BCUT2D eigenvalue weighted by molar-refractivity contribution is 5.26. The second-order valence-corrected chi connectivity index (χ2v) is 4.22. The van der Waals surface area contributed by atoms with Gasteiger partial charge in [-0.1, -0.05) is 26.0 Å². The molecule has 0 aliphatic carbocycles. The van der Waals surface area contributed by atoms with Crippen LogP contribution in [0, 0.1) is 0 Å². The van der Waals surface area contributed by atoms with Gasteiger partial charge in [0.25, 0.3) is 0 Å². The molecular formula is C13H18F3N. The van der Waals surface area contributed by atoms with Gasteiger partial charge in [-0.15, -0.1) is 0 Å². The maximum atomic E-state index is 12.4. The molecule has 1 N–H and O–H groups in total. The van der Waals surface area contributed by atoms with E-state index in [4.69, 9.17) is 0 Å². The van der Waals surface area contributed by atoms with Gasteiger partial charge in [0.1, 0.15) is 0 Å². The minimum Gasteiger partial charge on any atom is -0.316 e. The van der Waals surface area contributed by atoms with Gasteiger partial charge in [0.05, 0.1) is 5.56 Å². The van der Waals surface area contributed by atoms with E-state index in [1.807, 2.05) is 6.92 Å². The molecule has 0 saturated heterocycles. The normalized spacial score (nSPS) is 13.7. The molecule has 4 heteroatoms. The van der Waals surface area contributed by atoms with Crippen molar-refractivity contribution < 1.29 is 13.2 Å². The third kappa shape index (κ3) is 4.38. The van der Waals surface area contributed by atoms with Gasteiger partial charge in [0.15, 0.2) is 0 Å². The summed E-state index contributed by atoms with van der Waals surface area (Å²) < 4.78 is 37.1. The molecule has 0 amide bonds. The second-order valence-electron chi connectivity index (χ2n) is 4.22. The summed E-state index contributed by atoms with van der Waals surface area (Å²) in [5.41, 5.74) is 0.344. The third-order valence-corrected chi connectivity index (χ3v) is 2.68. The summed E-state index contributed by atoms with van der Waals surface area (Å²) in [6.45, 7) is 5.81. The summed E-state index contributed by atoms with van der Waals surface area (Å²) in [7, 11) is 0. The van der Waals surface area contributed by atoms with Crippen LogP contribution in [0.1, 0.15) is 37.3 Å². The largest absolute Gasteiger partial charge is 0.416 e. The monoisotopic (exact) mass is 245 g/mol. The first kappa shape index (κ1) is 14.0. The lowest BCUT2D eigenvalue weighted by Crippen LogP contribution is -2.20.